The molecule has 0 aliphatic heterocycles. The van der Waals surface area contributed by atoms with Gasteiger partial charge in [0.25, 0.3) is 0 Å². The maximum Gasteiger partial charge on any atom is 0.229 e. The SMILES string of the molecule is CC(=O)NCc1ccc(-c2csc(NC(=O)CCOc3ccccc3Cl)n2)o1. The van der Waals surface area contributed by atoms with E-state index in [1.54, 1.807) is 29.6 Å². The zero-order chi connectivity index (χ0) is 19.9. The number of thiazole rings is 1. The van der Waals surface area contributed by atoms with Crippen LogP contribution in [0.1, 0.15) is 19.1 Å². The lowest BCUT2D eigenvalue weighted by atomic mass is 10.3. The number of anilines is 1. The molecule has 2 N–H and O–H groups in total. The minimum atomic E-state index is -0.209. The van der Waals surface area contributed by atoms with E-state index in [1.807, 2.05) is 12.1 Å². The molecule has 0 saturated carbocycles. The lowest BCUT2D eigenvalue weighted by Gasteiger charge is -2.07. The zero-order valence-corrected chi connectivity index (χ0v) is 16.6. The fraction of sp³-hybridized carbons (Fsp3) is 0.211. The van der Waals surface area contributed by atoms with Gasteiger partial charge in [0.2, 0.25) is 11.8 Å². The summed E-state index contributed by atoms with van der Waals surface area (Å²) in [7, 11) is 0. The molecule has 0 radical (unpaired) electrons. The molecule has 1 aromatic carbocycles. The van der Waals surface area contributed by atoms with Gasteiger partial charge in [0.1, 0.15) is 17.2 Å². The van der Waals surface area contributed by atoms with Crippen LogP contribution in [0.15, 0.2) is 46.2 Å². The summed E-state index contributed by atoms with van der Waals surface area (Å²) in [4.78, 5) is 27.4. The van der Waals surface area contributed by atoms with Crippen molar-refractivity contribution in [2.45, 2.75) is 19.9 Å². The minimum absolute atomic E-state index is 0.130. The van der Waals surface area contributed by atoms with Crippen LogP contribution in [0, 0.1) is 0 Å². The molecule has 0 saturated heterocycles. The molecular weight excluding hydrogens is 402 g/mol. The van der Waals surface area contributed by atoms with Crippen LogP contribution in [0.3, 0.4) is 0 Å². The Balaban J connectivity index is 1.49. The Kier molecular flexibility index (Phi) is 6.67. The third-order valence-electron chi connectivity index (χ3n) is 3.60. The largest absolute Gasteiger partial charge is 0.491 e. The van der Waals surface area contributed by atoms with Crippen LogP contribution < -0.4 is 15.4 Å². The third kappa shape index (κ3) is 5.58. The number of furan rings is 1. The summed E-state index contributed by atoms with van der Waals surface area (Å²) in [5.74, 6) is 1.40. The number of nitrogens with zero attached hydrogens (tertiary/aromatic N) is 1. The van der Waals surface area contributed by atoms with Crippen molar-refractivity contribution in [1.82, 2.24) is 10.3 Å². The van der Waals surface area contributed by atoms with Gasteiger partial charge in [-0.2, -0.15) is 0 Å². The third-order valence-corrected chi connectivity index (χ3v) is 4.67. The molecule has 0 aliphatic rings. The van der Waals surface area contributed by atoms with Crippen LogP contribution in [0.5, 0.6) is 5.75 Å². The second-order valence-corrected chi connectivity index (χ2v) is 7.06. The van der Waals surface area contributed by atoms with Crippen molar-refractivity contribution in [2.75, 3.05) is 11.9 Å². The van der Waals surface area contributed by atoms with Crippen molar-refractivity contribution >= 4 is 39.9 Å². The number of nitrogens with one attached hydrogen (secondary N) is 2. The number of rotatable bonds is 8. The predicted octanol–water partition coefficient (Wildman–Crippen LogP) is 4.10. The summed E-state index contributed by atoms with van der Waals surface area (Å²) in [6, 6.07) is 10.6. The van der Waals surface area contributed by atoms with E-state index in [9.17, 15) is 9.59 Å². The molecule has 0 aliphatic carbocycles. The maximum atomic E-state index is 12.1. The van der Waals surface area contributed by atoms with Gasteiger partial charge >= 0.3 is 0 Å². The van der Waals surface area contributed by atoms with Gasteiger partial charge in [-0.05, 0) is 24.3 Å². The molecule has 28 heavy (non-hydrogen) atoms. The fourth-order valence-corrected chi connectivity index (χ4v) is 3.17. The van der Waals surface area contributed by atoms with E-state index in [0.29, 0.717) is 39.7 Å². The highest BCUT2D eigenvalue weighted by Crippen LogP contribution is 2.27. The van der Waals surface area contributed by atoms with E-state index >= 15 is 0 Å². The molecule has 0 unspecified atom stereocenters. The fourth-order valence-electron chi connectivity index (χ4n) is 2.26. The molecule has 3 aromatic rings. The Bertz CT molecular complexity index is 970. The normalized spacial score (nSPS) is 10.5. The summed E-state index contributed by atoms with van der Waals surface area (Å²) in [6.45, 7) is 1.96. The summed E-state index contributed by atoms with van der Waals surface area (Å²) < 4.78 is 11.2. The Morgan fingerprint density at radius 2 is 2.07 bits per heavy atom. The Labute approximate surface area is 170 Å². The average Bonchev–Trinajstić information content (AvgIpc) is 3.31. The first-order valence-corrected chi connectivity index (χ1v) is 9.73. The molecule has 2 amide bonds. The molecule has 146 valence electrons. The Hall–Kier alpha value is -2.84. The average molecular weight is 420 g/mol. The van der Waals surface area contributed by atoms with Gasteiger partial charge in [-0.3, -0.25) is 9.59 Å². The smallest absolute Gasteiger partial charge is 0.229 e. The van der Waals surface area contributed by atoms with Crippen LogP contribution in [0.4, 0.5) is 5.13 Å². The standard InChI is InChI=1S/C19H18ClN3O4S/c1-12(24)21-10-13-6-7-17(27-13)15-11-28-19(22-15)23-18(25)8-9-26-16-5-3-2-4-14(16)20/h2-7,11H,8-10H2,1H3,(H,21,24)(H,22,23,25). The number of amides is 2. The molecule has 0 bridgehead atoms. The van der Waals surface area contributed by atoms with Crippen molar-refractivity contribution < 1.29 is 18.7 Å². The number of hydrogen-bond acceptors (Lipinski definition) is 6. The number of hydrogen-bond donors (Lipinski definition) is 2. The van der Waals surface area contributed by atoms with Gasteiger partial charge in [0.05, 0.1) is 24.6 Å². The number of carbonyl (C=O) groups excluding carboxylic acids is 2. The Morgan fingerprint density at radius 1 is 1.25 bits per heavy atom. The molecule has 2 heterocycles. The summed E-state index contributed by atoms with van der Waals surface area (Å²) >= 11 is 7.30. The predicted molar refractivity (Wildman–Crippen MR) is 108 cm³/mol. The van der Waals surface area contributed by atoms with E-state index in [1.165, 1.54) is 18.3 Å². The highest BCUT2D eigenvalue weighted by Gasteiger charge is 2.12. The summed E-state index contributed by atoms with van der Waals surface area (Å²) in [5.41, 5.74) is 0.613. The number of carbonyl (C=O) groups is 2. The highest BCUT2D eigenvalue weighted by atomic mass is 35.5. The highest BCUT2D eigenvalue weighted by molar-refractivity contribution is 7.14. The monoisotopic (exact) mass is 419 g/mol. The molecule has 9 heteroatoms. The molecule has 0 fully saturated rings. The number of halogens is 1. The van der Waals surface area contributed by atoms with Gasteiger partial charge in [-0.25, -0.2) is 4.98 Å². The molecule has 0 spiro atoms. The van der Waals surface area contributed by atoms with E-state index in [-0.39, 0.29) is 24.8 Å². The van der Waals surface area contributed by atoms with Gasteiger partial charge in [0.15, 0.2) is 10.9 Å². The Morgan fingerprint density at radius 3 is 2.86 bits per heavy atom. The first kappa shape index (κ1) is 19.9. The van der Waals surface area contributed by atoms with Crippen molar-refractivity contribution in [1.29, 1.82) is 0 Å². The quantitative estimate of drug-likeness (QED) is 0.573. The number of benzene rings is 1. The van der Waals surface area contributed by atoms with Crippen LogP contribution in [-0.4, -0.2) is 23.4 Å². The van der Waals surface area contributed by atoms with Crippen molar-refractivity contribution in [2.24, 2.45) is 0 Å². The number of ether oxygens (including phenoxy) is 1. The summed E-state index contributed by atoms with van der Waals surface area (Å²) in [5, 5.41) is 8.16. The summed E-state index contributed by atoms with van der Waals surface area (Å²) in [6.07, 6.45) is 0.168. The molecular formula is C19H18ClN3O4S. The van der Waals surface area contributed by atoms with Gasteiger partial charge in [-0.1, -0.05) is 23.7 Å². The van der Waals surface area contributed by atoms with Gasteiger partial charge < -0.3 is 19.8 Å². The minimum Gasteiger partial charge on any atom is -0.491 e. The zero-order valence-electron chi connectivity index (χ0n) is 15.0. The molecule has 3 rings (SSSR count). The second kappa shape index (κ2) is 9.38. The first-order chi connectivity index (χ1) is 13.5. The van der Waals surface area contributed by atoms with Crippen LogP contribution >= 0.6 is 22.9 Å². The van der Waals surface area contributed by atoms with E-state index in [0.717, 1.165) is 0 Å². The van der Waals surface area contributed by atoms with Crippen LogP contribution in [0.25, 0.3) is 11.5 Å². The number of para-hydroxylation sites is 1. The van der Waals surface area contributed by atoms with Crippen molar-refractivity contribution in [3.63, 3.8) is 0 Å². The molecule has 0 atom stereocenters. The van der Waals surface area contributed by atoms with E-state index in [2.05, 4.69) is 15.6 Å². The second-order valence-electron chi connectivity index (χ2n) is 5.79. The van der Waals surface area contributed by atoms with Gasteiger partial charge in [-0.15, -0.1) is 11.3 Å². The molecule has 7 nitrogen and oxygen atoms in total. The van der Waals surface area contributed by atoms with Crippen LogP contribution in [-0.2, 0) is 16.1 Å². The van der Waals surface area contributed by atoms with E-state index < -0.39 is 0 Å². The lowest BCUT2D eigenvalue weighted by molar-refractivity contribution is -0.119. The maximum absolute atomic E-state index is 12.1. The number of aromatic nitrogens is 1. The molecule has 2 aromatic heterocycles. The van der Waals surface area contributed by atoms with Crippen LogP contribution in [0.2, 0.25) is 5.02 Å². The van der Waals surface area contributed by atoms with Crippen molar-refractivity contribution in [3.8, 4) is 17.2 Å². The van der Waals surface area contributed by atoms with E-state index in [4.69, 9.17) is 20.8 Å². The first-order valence-electron chi connectivity index (χ1n) is 8.47. The van der Waals surface area contributed by atoms with Crippen molar-refractivity contribution in [3.05, 3.63) is 52.6 Å². The topological polar surface area (TPSA) is 93.5 Å². The lowest BCUT2D eigenvalue weighted by Crippen LogP contribution is -2.18. The van der Waals surface area contributed by atoms with Gasteiger partial charge in [0, 0.05) is 12.3 Å².